The lowest BCUT2D eigenvalue weighted by molar-refractivity contribution is 0.472. The molecule has 1 N–H and O–H groups in total. The molecular formula is C13H15BrN6. The zero-order valence-corrected chi connectivity index (χ0v) is 12.7. The van der Waals surface area contributed by atoms with Crippen molar-refractivity contribution in [1.29, 1.82) is 0 Å². The second-order valence-electron chi connectivity index (χ2n) is 4.73. The first kappa shape index (κ1) is 13.3. The van der Waals surface area contributed by atoms with Crippen LogP contribution in [0.25, 0.3) is 5.65 Å². The minimum Gasteiger partial charge on any atom is -0.336 e. The summed E-state index contributed by atoms with van der Waals surface area (Å²) in [4.78, 5) is 12.6. The van der Waals surface area contributed by atoms with Crippen LogP contribution in [0.1, 0.15) is 12.6 Å². The minimum absolute atomic E-state index is 0.347. The van der Waals surface area contributed by atoms with Gasteiger partial charge in [0.1, 0.15) is 4.60 Å². The molecule has 0 bridgehead atoms. The zero-order valence-electron chi connectivity index (χ0n) is 11.1. The van der Waals surface area contributed by atoms with Crippen molar-refractivity contribution in [3.05, 3.63) is 47.6 Å². The van der Waals surface area contributed by atoms with Crippen molar-refractivity contribution in [2.45, 2.75) is 26.1 Å². The van der Waals surface area contributed by atoms with Gasteiger partial charge in [-0.3, -0.25) is 4.40 Å². The van der Waals surface area contributed by atoms with E-state index in [1.807, 2.05) is 29.3 Å². The predicted octanol–water partition coefficient (Wildman–Crippen LogP) is 1.87. The van der Waals surface area contributed by atoms with Gasteiger partial charge in [0, 0.05) is 37.7 Å². The molecule has 0 aromatic carbocycles. The minimum atomic E-state index is 0.347. The fourth-order valence-electron chi connectivity index (χ4n) is 2.10. The molecule has 7 heteroatoms. The summed E-state index contributed by atoms with van der Waals surface area (Å²) in [6, 6.07) is 0.347. The maximum Gasteiger partial charge on any atom is 0.155 e. The van der Waals surface area contributed by atoms with E-state index in [9.17, 15) is 0 Å². The number of fused-ring (bicyclic) bond motifs is 1. The molecule has 0 aliphatic heterocycles. The summed E-state index contributed by atoms with van der Waals surface area (Å²) >= 11 is 3.38. The largest absolute Gasteiger partial charge is 0.336 e. The molecule has 3 aromatic rings. The molecule has 0 spiro atoms. The van der Waals surface area contributed by atoms with E-state index in [1.54, 1.807) is 12.4 Å². The molecule has 3 aromatic heterocycles. The van der Waals surface area contributed by atoms with Gasteiger partial charge >= 0.3 is 0 Å². The molecule has 6 nitrogen and oxygen atoms in total. The average Bonchev–Trinajstić information content (AvgIpc) is 3.05. The molecule has 0 saturated heterocycles. The highest BCUT2D eigenvalue weighted by atomic mass is 79.9. The van der Waals surface area contributed by atoms with Crippen LogP contribution in [0.15, 0.2) is 41.9 Å². The smallest absolute Gasteiger partial charge is 0.155 e. The Kier molecular flexibility index (Phi) is 3.79. The fraction of sp³-hybridized carbons (Fsp3) is 0.308. The molecule has 1 atom stereocenters. The van der Waals surface area contributed by atoms with Crippen molar-refractivity contribution in [3.63, 3.8) is 0 Å². The molecule has 0 aliphatic rings. The van der Waals surface area contributed by atoms with E-state index in [4.69, 9.17) is 0 Å². The number of hydrogen-bond donors (Lipinski definition) is 1. The SMILES string of the molecule is CC(Cn1ccnc1)NCc1cnc2cnc(Br)cn12. The highest BCUT2D eigenvalue weighted by Crippen LogP contribution is 2.10. The van der Waals surface area contributed by atoms with Gasteiger partial charge in [-0.15, -0.1) is 0 Å². The Balaban J connectivity index is 1.66. The molecule has 0 saturated carbocycles. The Morgan fingerprint density at radius 3 is 3.05 bits per heavy atom. The lowest BCUT2D eigenvalue weighted by Gasteiger charge is -2.14. The summed E-state index contributed by atoms with van der Waals surface area (Å²) in [7, 11) is 0. The van der Waals surface area contributed by atoms with Crippen molar-refractivity contribution in [2.75, 3.05) is 0 Å². The van der Waals surface area contributed by atoms with Crippen molar-refractivity contribution in [3.8, 4) is 0 Å². The number of nitrogens with zero attached hydrogens (tertiary/aromatic N) is 5. The summed E-state index contributed by atoms with van der Waals surface area (Å²) in [6.07, 6.45) is 11.1. The van der Waals surface area contributed by atoms with E-state index in [0.717, 1.165) is 29.0 Å². The summed E-state index contributed by atoms with van der Waals surface area (Å²) < 4.78 is 4.90. The van der Waals surface area contributed by atoms with Gasteiger partial charge in [-0.05, 0) is 22.9 Å². The Morgan fingerprint density at radius 2 is 2.25 bits per heavy atom. The van der Waals surface area contributed by atoms with Crippen molar-refractivity contribution < 1.29 is 0 Å². The number of halogens is 1. The van der Waals surface area contributed by atoms with Gasteiger partial charge in [-0.25, -0.2) is 15.0 Å². The van der Waals surface area contributed by atoms with E-state index in [0.29, 0.717) is 6.04 Å². The molecule has 0 radical (unpaired) electrons. The molecule has 3 rings (SSSR count). The number of rotatable bonds is 5. The van der Waals surface area contributed by atoms with Crippen LogP contribution in [0.3, 0.4) is 0 Å². The van der Waals surface area contributed by atoms with Crippen LogP contribution in [0, 0.1) is 0 Å². The van der Waals surface area contributed by atoms with Crippen LogP contribution in [0.4, 0.5) is 0 Å². The number of aromatic nitrogens is 5. The third kappa shape index (κ3) is 2.88. The first-order valence-electron chi connectivity index (χ1n) is 6.39. The number of hydrogen-bond acceptors (Lipinski definition) is 4. The van der Waals surface area contributed by atoms with E-state index < -0.39 is 0 Å². The standard InChI is InChI=1S/C13H15BrN6/c1-10(7-19-3-2-15-9-19)16-4-11-5-18-13-6-17-12(14)8-20(11)13/h2-3,5-6,8-10,16H,4,7H2,1H3. The Bertz CT molecular complexity index is 690. The highest BCUT2D eigenvalue weighted by molar-refractivity contribution is 9.10. The first-order valence-corrected chi connectivity index (χ1v) is 7.18. The van der Waals surface area contributed by atoms with Gasteiger partial charge < -0.3 is 9.88 Å². The molecule has 104 valence electrons. The van der Waals surface area contributed by atoms with Crippen LogP contribution in [-0.4, -0.2) is 30.0 Å². The van der Waals surface area contributed by atoms with Crippen LogP contribution in [0.2, 0.25) is 0 Å². The quantitative estimate of drug-likeness (QED) is 0.773. The van der Waals surface area contributed by atoms with Crippen molar-refractivity contribution >= 4 is 21.6 Å². The topological polar surface area (TPSA) is 60.0 Å². The van der Waals surface area contributed by atoms with Crippen LogP contribution < -0.4 is 5.32 Å². The fourth-order valence-corrected chi connectivity index (χ4v) is 2.41. The zero-order chi connectivity index (χ0) is 13.9. The number of imidazole rings is 2. The average molecular weight is 335 g/mol. The normalized spacial score (nSPS) is 12.9. The second kappa shape index (κ2) is 5.72. The lowest BCUT2D eigenvalue weighted by atomic mass is 10.3. The van der Waals surface area contributed by atoms with Gasteiger partial charge in [-0.2, -0.15) is 0 Å². The van der Waals surface area contributed by atoms with E-state index >= 15 is 0 Å². The maximum absolute atomic E-state index is 4.34. The summed E-state index contributed by atoms with van der Waals surface area (Å²) in [5.74, 6) is 0. The van der Waals surface area contributed by atoms with Gasteiger partial charge in [0.2, 0.25) is 0 Å². The first-order chi connectivity index (χ1) is 9.72. The Hall–Kier alpha value is -1.73. The molecule has 3 heterocycles. The van der Waals surface area contributed by atoms with Crippen molar-refractivity contribution in [1.82, 2.24) is 29.2 Å². The monoisotopic (exact) mass is 334 g/mol. The summed E-state index contributed by atoms with van der Waals surface area (Å²) in [5, 5.41) is 3.49. The highest BCUT2D eigenvalue weighted by Gasteiger charge is 2.07. The van der Waals surface area contributed by atoms with Crippen LogP contribution in [0.5, 0.6) is 0 Å². The third-order valence-corrected chi connectivity index (χ3v) is 3.53. The lowest BCUT2D eigenvalue weighted by Crippen LogP contribution is -2.30. The Morgan fingerprint density at radius 1 is 1.35 bits per heavy atom. The Labute approximate surface area is 125 Å². The molecule has 0 fully saturated rings. The molecule has 20 heavy (non-hydrogen) atoms. The van der Waals surface area contributed by atoms with Crippen LogP contribution >= 0.6 is 15.9 Å². The van der Waals surface area contributed by atoms with Gasteiger partial charge in [0.15, 0.2) is 5.65 Å². The molecule has 1 unspecified atom stereocenters. The molecule has 0 aliphatic carbocycles. The molecule has 0 amide bonds. The third-order valence-electron chi connectivity index (χ3n) is 3.12. The van der Waals surface area contributed by atoms with E-state index in [1.165, 1.54) is 0 Å². The summed E-state index contributed by atoms with van der Waals surface area (Å²) in [5.41, 5.74) is 1.97. The number of nitrogens with one attached hydrogen (secondary N) is 1. The van der Waals surface area contributed by atoms with Crippen LogP contribution in [-0.2, 0) is 13.1 Å². The predicted molar refractivity (Wildman–Crippen MR) is 79.2 cm³/mol. The summed E-state index contributed by atoms with van der Waals surface area (Å²) in [6.45, 7) is 3.80. The second-order valence-corrected chi connectivity index (χ2v) is 5.54. The maximum atomic E-state index is 4.34. The van der Waals surface area contributed by atoms with E-state index in [2.05, 4.69) is 47.7 Å². The molecular weight excluding hydrogens is 320 g/mol. The van der Waals surface area contributed by atoms with Crippen molar-refractivity contribution in [2.24, 2.45) is 0 Å². The van der Waals surface area contributed by atoms with Gasteiger partial charge in [-0.1, -0.05) is 0 Å². The van der Waals surface area contributed by atoms with Gasteiger partial charge in [0.05, 0.1) is 24.4 Å². The van der Waals surface area contributed by atoms with Gasteiger partial charge in [0.25, 0.3) is 0 Å². The van der Waals surface area contributed by atoms with E-state index in [-0.39, 0.29) is 0 Å².